The molecule has 132 valence electrons. The van der Waals surface area contributed by atoms with Gasteiger partial charge in [0.25, 0.3) is 5.56 Å². The van der Waals surface area contributed by atoms with Gasteiger partial charge in [0.15, 0.2) is 0 Å². The quantitative estimate of drug-likeness (QED) is 0.611. The van der Waals surface area contributed by atoms with E-state index in [9.17, 15) is 14.4 Å². The Labute approximate surface area is 156 Å². The van der Waals surface area contributed by atoms with Gasteiger partial charge in [-0.2, -0.15) is 0 Å². The highest BCUT2D eigenvalue weighted by Gasteiger charge is 2.46. The van der Waals surface area contributed by atoms with Crippen LogP contribution in [0, 0.1) is 5.92 Å². The second kappa shape index (κ2) is 6.21. The number of aromatic nitrogens is 2. The lowest BCUT2D eigenvalue weighted by Crippen LogP contribution is -2.39. The van der Waals surface area contributed by atoms with E-state index in [0.717, 1.165) is 10.0 Å². The summed E-state index contributed by atoms with van der Waals surface area (Å²) in [5, 5.41) is 0. The number of carbonyl (C=O) groups is 1. The minimum absolute atomic E-state index is 0.0606. The summed E-state index contributed by atoms with van der Waals surface area (Å²) in [7, 11) is 0. The number of carbonyl (C=O) groups excluding carboxylic acids is 1. The summed E-state index contributed by atoms with van der Waals surface area (Å²) in [5.41, 5.74) is 0.497. The van der Waals surface area contributed by atoms with Gasteiger partial charge in [0.05, 0.1) is 11.3 Å². The average molecular weight is 416 g/mol. The Balaban J connectivity index is 2.04. The topological polar surface area (TPSA) is 93.5 Å². The standard InChI is InChI=1S/C18H14BrN3O4/c1-2-7-22-15-14(16(23)21-18(22)25)12(9-3-5-10(19)6-4-9)13-11(20-15)8-26-17(13)24/h2-6,12-13H,1,7-8H2,(H,21,23,25). The number of rotatable bonds is 3. The molecule has 1 fully saturated rings. The van der Waals surface area contributed by atoms with Crippen LogP contribution in [0.2, 0.25) is 0 Å². The first kappa shape index (κ1) is 16.7. The average Bonchev–Trinajstić information content (AvgIpc) is 2.98. The molecule has 8 heteroatoms. The fourth-order valence-electron chi connectivity index (χ4n) is 3.50. The molecule has 0 amide bonds. The molecule has 0 radical (unpaired) electrons. The number of esters is 1. The Morgan fingerprint density at radius 1 is 1.27 bits per heavy atom. The number of cyclic esters (lactones) is 1. The molecule has 26 heavy (non-hydrogen) atoms. The summed E-state index contributed by atoms with van der Waals surface area (Å²) in [6.45, 7) is 3.91. The number of ether oxygens (including phenoxy) is 1. The van der Waals surface area contributed by atoms with Gasteiger partial charge in [0, 0.05) is 16.9 Å². The summed E-state index contributed by atoms with van der Waals surface area (Å²) in [5.74, 6) is -1.39. The lowest BCUT2D eigenvalue weighted by molar-refractivity contribution is -0.141. The molecule has 0 saturated carbocycles. The van der Waals surface area contributed by atoms with Crippen molar-refractivity contribution in [2.45, 2.75) is 12.5 Å². The predicted octanol–water partition coefficient (Wildman–Crippen LogP) is 1.88. The van der Waals surface area contributed by atoms with Crippen LogP contribution in [0.1, 0.15) is 17.0 Å². The van der Waals surface area contributed by atoms with Gasteiger partial charge < -0.3 is 4.74 Å². The molecule has 7 nitrogen and oxygen atoms in total. The van der Waals surface area contributed by atoms with Crippen molar-refractivity contribution >= 4 is 33.4 Å². The molecule has 1 aromatic carbocycles. The molecular formula is C18H14BrN3O4. The van der Waals surface area contributed by atoms with Crippen molar-refractivity contribution in [1.82, 2.24) is 9.55 Å². The third-order valence-electron chi connectivity index (χ3n) is 4.62. The van der Waals surface area contributed by atoms with Gasteiger partial charge in [0.1, 0.15) is 18.3 Å². The number of aliphatic imine (C=N–C) groups is 1. The van der Waals surface area contributed by atoms with Gasteiger partial charge in [-0.3, -0.25) is 19.1 Å². The Hall–Kier alpha value is -2.74. The van der Waals surface area contributed by atoms with Gasteiger partial charge in [-0.05, 0) is 17.7 Å². The summed E-state index contributed by atoms with van der Waals surface area (Å²) in [6, 6.07) is 7.37. The number of hydrogen-bond acceptors (Lipinski definition) is 5. The number of H-pyrrole nitrogens is 1. The zero-order chi connectivity index (χ0) is 18.4. The minimum Gasteiger partial charge on any atom is -0.459 e. The van der Waals surface area contributed by atoms with Crippen LogP contribution in [0.3, 0.4) is 0 Å². The lowest BCUT2D eigenvalue weighted by atomic mass is 9.78. The van der Waals surface area contributed by atoms with Crippen LogP contribution in [-0.2, 0) is 16.1 Å². The van der Waals surface area contributed by atoms with Crippen LogP contribution >= 0.6 is 15.9 Å². The molecule has 1 aromatic heterocycles. The van der Waals surface area contributed by atoms with Gasteiger partial charge in [-0.15, -0.1) is 6.58 Å². The Morgan fingerprint density at radius 3 is 2.69 bits per heavy atom. The zero-order valence-corrected chi connectivity index (χ0v) is 15.2. The molecule has 4 rings (SSSR count). The molecular weight excluding hydrogens is 402 g/mol. The maximum atomic E-state index is 12.7. The summed E-state index contributed by atoms with van der Waals surface area (Å²) in [4.78, 5) is 44.0. The van der Waals surface area contributed by atoms with Crippen LogP contribution in [0.15, 0.2) is 56.0 Å². The first-order valence-corrected chi connectivity index (χ1v) is 8.78. The van der Waals surface area contributed by atoms with E-state index in [1.54, 1.807) is 6.08 Å². The highest BCUT2D eigenvalue weighted by atomic mass is 79.9. The third kappa shape index (κ3) is 2.48. The van der Waals surface area contributed by atoms with E-state index in [1.807, 2.05) is 24.3 Å². The first-order chi connectivity index (χ1) is 12.5. The molecule has 0 aliphatic carbocycles. The molecule has 2 aromatic rings. The maximum Gasteiger partial charge on any atom is 0.330 e. The number of nitrogens with one attached hydrogen (secondary N) is 1. The number of allylic oxidation sites excluding steroid dienone is 1. The minimum atomic E-state index is -0.667. The second-order valence-corrected chi connectivity index (χ2v) is 7.03. The van der Waals surface area contributed by atoms with Crippen LogP contribution in [-0.4, -0.2) is 27.8 Å². The van der Waals surface area contributed by atoms with E-state index in [1.165, 1.54) is 4.57 Å². The zero-order valence-electron chi connectivity index (χ0n) is 13.6. The van der Waals surface area contributed by atoms with Gasteiger partial charge in [0.2, 0.25) is 0 Å². The number of benzene rings is 1. The number of halogens is 1. The highest BCUT2D eigenvalue weighted by molar-refractivity contribution is 9.10. The van der Waals surface area contributed by atoms with Crippen molar-refractivity contribution in [2.75, 3.05) is 6.61 Å². The predicted molar refractivity (Wildman–Crippen MR) is 99.0 cm³/mol. The van der Waals surface area contributed by atoms with Gasteiger partial charge in [-0.1, -0.05) is 34.1 Å². The van der Waals surface area contributed by atoms with Crippen LogP contribution in [0.4, 0.5) is 5.82 Å². The van der Waals surface area contributed by atoms with Crippen molar-refractivity contribution in [2.24, 2.45) is 10.9 Å². The molecule has 0 spiro atoms. The monoisotopic (exact) mass is 415 g/mol. The molecule has 2 atom stereocenters. The SMILES string of the molecule is C=CCn1c2c(c(=O)[nH]c1=O)C(c1ccc(Br)cc1)C1C(=O)OCC1=N2. The van der Waals surface area contributed by atoms with Crippen LogP contribution in [0.5, 0.6) is 0 Å². The summed E-state index contributed by atoms with van der Waals surface area (Å²) >= 11 is 3.39. The van der Waals surface area contributed by atoms with Gasteiger partial charge in [-0.25, -0.2) is 9.79 Å². The fraction of sp³-hybridized carbons (Fsp3) is 0.222. The van der Waals surface area contributed by atoms with Gasteiger partial charge >= 0.3 is 11.7 Å². The molecule has 2 aliphatic rings. The van der Waals surface area contributed by atoms with Crippen molar-refractivity contribution in [3.8, 4) is 0 Å². The Morgan fingerprint density at radius 2 is 2.00 bits per heavy atom. The molecule has 2 unspecified atom stereocenters. The largest absolute Gasteiger partial charge is 0.459 e. The van der Waals surface area contributed by atoms with E-state index in [0.29, 0.717) is 11.3 Å². The van der Waals surface area contributed by atoms with Crippen LogP contribution < -0.4 is 11.2 Å². The number of nitrogens with zero attached hydrogens (tertiary/aromatic N) is 2. The maximum absolute atomic E-state index is 12.7. The smallest absolute Gasteiger partial charge is 0.330 e. The number of fused-ring (bicyclic) bond motifs is 2. The second-order valence-electron chi connectivity index (χ2n) is 6.11. The molecule has 2 aliphatic heterocycles. The van der Waals surface area contributed by atoms with Crippen LogP contribution in [0.25, 0.3) is 0 Å². The summed E-state index contributed by atoms with van der Waals surface area (Å²) < 4.78 is 7.41. The molecule has 0 bridgehead atoms. The third-order valence-corrected chi connectivity index (χ3v) is 5.15. The van der Waals surface area contributed by atoms with Crippen molar-refractivity contribution in [1.29, 1.82) is 0 Å². The fourth-order valence-corrected chi connectivity index (χ4v) is 3.76. The molecule has 1 N–H and O–H groups in total. The molecule has 3 heterocycles. The highest BCUT2D eigenvalue weighted by Crippen LogP contribution is 2.42. The van der Waals surface area contributed by atoms with E-state index >= 15 is 0 Å². The van der Waals surface area contributed by atoms with Crippen molar-refractivity contribution in [3.05, 3.63) is 73.4 Å². The van der Waals surface area contributed by atoms with Crippen molar-refractivity contribution in [3.63, 3.8) is 0 Å². The summed E-state index contributed by atoms with van der Waals surface area (Å²) in [6.07, 6.45) is 1.55. The van der Waals surface area contributed by atoms with E-state index in [4.69, 9.17) is 4.74 Å². The Kier molecular flexibility index (Phi) is 3.99. The first-order valence-electron chi connectivity index (χ1n) is 7.98. The Bertz CT molecular complexity index is 1070. The normalized spacial score (nSPS) is 20.8. The number of aromatic amines is 1. The molecule has 1 saturated heterocycles. The van der Waals surface area contributed by atoms with E-state index < -0.39 is 29.1 Å². The van der Waals surface area contributed by atoms with E-state index in [-0.39, 0.29) is 19.0 Å². The van der Waals surface area contributed by atoms with Crippen molar-refractivity contribution < 1.29 is 9.53 Å². The number of hydrogen-bond donors (Lipinski definition) is 1. The lowest BCUT2D eigenvalue weighted by Gasteiger charge is -2.27. The van der Waals surface area contributed by atoms with E-state index in [2.05, 4.69) is 32.5 Å².